The van der Waals surface area contributed by atoms with Gasteiger partial charge in [0.1, 0.15) is 5.54 Å². The van der Waals surface area contributed by atoms with Crippen LogP contribution in [-0.4, -0.2) is 29.4 Å². The van der Waals surface area contributed by atoms with Crippen LogP contribution in [0.15, 0.2) is 21.7 Å². The lowest BCUT2D eigenvalue weighted by molar-refractivity contribution is -0.151. The van der Waals surface area contributed by atoms with Gasteiger partial charge in [0.05, 0.1) is 10.8 Å². The van der Waals surface area contributed by atoms with E-state index in [4.69, 9.17) is 4.74 Å². The van der Waals surface area contributed by atoms with Crippen LogP contribution in [0.5, 0.6) is 0 Å². The lowest BCUT2D eigenvalue weighted by Gasteiger charge is -2.32. The monoisotopic (exact) mass is 315 g/mol. The summed E-state index contributed by atoms with van der Waals surface area (Å²) in [4.78, 5) is 12.2. The van der Waals surface area contributed by atoms with Gasteiger partial charge in [-0.2, -0.15) is 0 Å². The second-order valence-corrected chi connectivity index (χ2v) is 8.10. The lowest BCUT2D eigenvalue weighted by atomic mass is 9.95. The Labute approximate surface area is 130 Å². The molecule has 0 bridgehead atoms. The third-order valence-corrected chi connectivity index (χ3v) is 5.02. The van der Waals surface area contributed by atoms with Gasteiger partial charge in [-0.05, 0) is 45.6 Å². The Bertz CT molecular complexity index is 406. The molecule has 0 radical (unpaired) electrons. The number of carbonyl (C=O) groups excluding carboxylic acids is 1. The number of carbonyl (C=O) groups is 1. The van der Waals surface area contributed by atoms with Crippen LogP contribution in [0.25, 0.3) is 0 Å². The summed E-state index contributed by atoms with van der Waals surface area (Å²) in [6.45, 7) is 10.5. The molecule has 1 rings (SSSR count). The van der Waals surface area contributed by atoms with Crippen molar-refractivity contribution >= 4 is 29.1 Å². The average Bonchev–Trinajstić information content (AvgIpc) is 2.80. The van der Waals surface area contributed by atoms with Crippen molar-refractivity contribution < 1.29 is 9.53 Å². The van der Waals surface area contributed by atoms with Gasteiger partial charge in [-0.25, -0.2) is 0 Å². The molecule has 1 N–H and O–H groups in total. The molecule has 0 aromatic carbocycles. The van der Waals surface area contributed by atoms with Crippen molar-refractivity contribution in [2.45, 2.75) is 62.1 Å². The van der Waals surface area contributed by atoms with Crippen LogP contribution in [0.4, 0.5) is 0 Å². The first-order chi connectivity index (χ1) is 9.37. The largest absolute Gasteiger partial charge is 0.465 e. The summed E-state index contributed by atoms with van der Waals surface area (Å²) in [7, 11) is 0. The number of hydrogen-bond acceptors (Lipinski definition) is 5. The molecule has 3 nitrogen and oxygen atoms in total. The standard InChI is InChI=1S/C15H25NO2S2/c1-6-18-14(17)15(5,16-11(2)3)10-12(4)20-13-8-7-9-19-13/h7-9,11-12,16H,6,10H2,1-5H3. The number of thioether (sulfide) groups is 1. The van der Waals surface area contributed by atoms with Crippen molar-refractivity contribution in [3.05, 3.63) is 17.5 Å². The van der Waals surface area contributed by atoms with Crippen molar-refractivity contribution in [2.24, 2.45) is 0 Å². The molecule has 2 atom stereocenters. The predicted octanol–water partition coefficient (Wildman–Crippen LogP) is 3.94. The molecule has 0 spiro atoms. The van der Waals surface area contributed by atoms with Gasteiger partial charge < -0.3 is 4.74 Å². The fourth-order valence-electron chi connectivity index (χ4n) is 2.27. The molecule has 0 saturated heterocycles. The van der Waals surface area contributed by atoms with E-state index in [1.54, 1.807) is 11.3 Å². The zero-order chi connectivity index (χ0) is 15.2. The van der Waals surface area contributed by atoms with E-state index in [0.717, 1.165) is 6.42 Å². The molecule has 114 valence electrons. The highest BCUT2D eigenvalue weighted by Gasteiger charge is 2.36. The predicted molar refractivity (Wildman–Crippen MR) is 87.6 cm³/mol. The molecule has 1 aromatic heterocycles. The van der Waals surface area contributed by atoms with Gasteiger partial charge in [-0.15, -0.1) is 23.1 Å². The van der Waals surface area contributed by atoms with Crippen molar-refractivity contribution in [1.29, 1.82) is 0 Å². The molecule has 5 heteroatoms. The van der Waals surface area contributed by atoms with E-state index in [9.17, 15) is 4.79 Å². The number of thiophene rings is 1. The maximum Gasteiger partial charge on any atom is 0.326 e. The van der Waals surface area contributed by atoms with E-state index >= 15 is 0 Å². The van der Waals surface area contributed by atoms with Crippen molar-refractivity contribution in [1.82, 2.24) is 5.32 Å². The first kappa shape index (κ1) is 17.5. The average molecular weight is 316 g/mol. The highest BCUT2D eigenvalue weighted by Crippen LogP contribution is 2.32. The molecule has 0 amide bonds. The van der Waals surface area contributed by atoms with E-state index in [-0.39, 0.29) is 12.0 Å². The SMILES string of the molecule is CCOC(=O)C(C)(CC(C)Sc1cccs1)NC(C)C. The molecule has 0 aliphatic heterocycles. The Hall–Kier alpha value is -0.520. The molecule has 0 aliphatic rings. The van der Waals surface area contributed by atoms with Crippen LogP contribution in [0, 0.1) is 0 Å². The molecule has 0 fully saturated rings. The summed E-state index contributed by atoms with van der Waals surface area (Å²) < 4.78 is 6.52. The third-order valence-electron chi connectivity index (χ3n) is 2.84. The Balaban J connectivity index is 2.70. The lowest BCUT2D eigenvalue weighted by Crippen LogP contribution is -2.54. The minimum Gasteiger partial charge on any atom is -0.465 e. The third kappa shape index (κ3) is 5.46. The smallest absolute Gasteiger partial charge is 0.326 e. The van der Waals surface area contributed by atoms with Gasteiger partial charge in [-0.3, -0.25) is 10.1 Å². The first-order valence-electron chi connectivity index (χ1n) is 7.02. The molecular weight excluding hydrogens is 290 g/mol. The van der Waals surface area contributed by atoms with Gasteiger partial charge in [0.25, 0.3) is 0 Å². The van der Waals surface area contributed by atoms with Crippen molar-refractivity contribution in [3.8, 4) is 0 Å². The van der Waals surface area contributed by atoms with Crippen LogP contribution in [0.2, 0.25) is 0 Å². The maximum absolute atomic E-state index is 12.2. The molecule has 0 aliphatic carbocycles. The summed E-state index contributed by atoms with van der Waals surface area (Å²) >= 11 is 3.55. The summed E-state index contributed by atoms with van der Waals surface area (Å²) in [5.74, 6) is -0.160. The van der Waals surface area contributed by atoms with E-state index in [1.165, 1.54) is 4.21 Å². The minimum atomic E-state index is -0.631. The van der Waals surface area contributed by atoms with Crippen molar-refractivity contribution in [3.63, 3.8) is 0 Å². The van der Waals surface area contributed by atoms with Gasteiger partial charge in [0.2, 0.25) is 0 Å². The molecule has 1 aromatic rings. The second-order valence-electron chi connectivity index (χ2n) is 5.42. The zero-order valence-electron chi connectivity index (χ0n) is 12.9. The summed E-state index contributed by atoms with van der Waals surface area (Å²) in [5, 5.41) is 5.78. The van der Waals surface area contributed by atoms with Crippen LogP contribution in [0.3, 0.4) is 0 Å². The Kier molecular flexibility index (Phi) is 7.06. The summed E-state index contributed by atoms with van der Waals surface area (Å²) in [6.07, 6.45) is 0.743. The van der Waals surface area contributed by atoms with E-state index in [1.807, 2.05) is 25.6 Å². The highest BCUT2D eigenvalue weighted by atomic mass is 32.2. The van der Waals surface area contributed by atoms with E-state index < -0.39 is 5.54 Å². The maximum atomic E-state index is 12.2. The minimum absolute atomic E-state index is 0.160. The Morgan fingerprint density at radius 1 is 1.50 bits per heavy atom. The molecule has 0 saturated carbocycles. The zero-order valence-corrected chi connectivity index (χ0v) is 14.6. The normalized spacial score (nSPS) is 15.9. The van der Waals surface area contributed by atoms with Crippen LogP contribution in [0.1, 0.15) is 41.0 Å². The number of hydrogen-bond donors (Lipinski definition) is 1. The van der Waals surface area contributed by atoms with E-state index in [2.05, 4.69) is 43.6 Å². The molecule has 2 unspecified atom stereocenters. The number of nitrogens with one attached hydrogen (secondary N) is 1. The molecule has 20 heavy (non-hydrogen) atoms. The highest BCUT2D eigenvalue weighted by molar-refractivity contribution is 8.01. The summed E-state index contributed by atoms with van der Waals surface area (Å²) in [5.41, 5.74) is -0.631. The number of rotatable bonds is 8. The fourth-order valence-corrected chi connectivity index (χ4v) is 4.57. The number of ether oxygens (including phenoxy) is 1. The fraction of sp³-hybridized carbons (Fsp3) is 0.667. The van der Waals surface area contributed by atoms with Gasteiger partial charge in [0.15, 0.2) is 0 Å². The van der Waals surface area contributed by atoms with Gasteiger partial charge in [-0.1, -0.05) is 13.0 Å². The quantitative estimate of drug-likeness (QED) is 0.582. The number of esters is 1. The van der Waals surface area contributed by atoms with Gasteiger partial charge >= 0.3 is 5.97 Å². The van der Waals surface area contributed by atoms with Gasteiger partial charge in [0, 0.05) is 11.3 Å². The van der Waals surface area contributed by atoms with Crippen LogP contribution in [-0.2, 0) is 9.53 Å². The van der Waals surface area contributed by atoms with Crippen LogP contribution >= 0.6 is 23.1 Å². The Morgan fingerprint density at radius 3 is 2.70 bits per heavy atom. The topological polar surface area (TPSA) is 38.3 Å². The second kappa shape index (κ2) is 8.05. The van der Waals surface area contributed by atoms with Crippen molar-refractivity contribution in [2.75, 3.05) is 6.61 Å². The Morgan fingerprint density at radius 2 is 2.20 bits per heavy atom. The van der Waals surface area contributed by atoms with E-state index in [0.29, 0.717) is 11.9 Å². The molecule has 1 heterocycles. The van der Waals surface area contributed by atoms with Crippen LogP contribution < -0.4 is 5.32 Å². The molecular formula is C15H25NO2S2. The summed E-state index contributed by atoms with van der Waals surface area (Å²) in [6, 6.07) is 4.41. The first-order valence-corrected chi connectivity index (χ1v) is 8.78.